The Morgan fingerprint density at radius 1 is 1.41 bits per heavy atom. The van der Waals surface area contributed by atoms with E-state index in [1.54, 1.807) is 6.92 Å². The topological polar surface area (TPSA) is 84.6 Å². The van der Waals surface area contributed by atoms with Crippen molar-refractivity contribution in [1.82, 2.24) is 5.32 Å². The highest BCUT2D eigenvalue weighted by Gasteiger charge is 2.51. The van der Waals surface area contributed by atoms with E-state index in [0.29, 0.717) is 0 Å². The van der Waals surface area contributed by atoms with Crippen LogP contribution in [0, 0.1) is 0 Å². The summed E-state index contributed by atoms with van der Waals surface area (Å²) in [7, 11) is 0. The molecule has 17 heavy (non-hydrogen) atoms. The summed E-state index contributed by atoms with van der Waals surface area (Å²) in [6.07, 6.45) is 2.09. The Morgan fingerprint density at radius 2 is 1.94 bits per heavy atom. The van der Waals surface area contributed by atoms with Gasteiger partial charge in [-0.25, -0.2) is 4.79 Å². The molecule has 1 aliphatic carbocycles. The average molecular weight is 244 g/mol. The van der Waals surface area contributed by atoms with Gasteiger partial charge in [-0.3, -0.25) is 0 Å². The Kier molecular flexibility index (Phi) is 3.74. The normalized spacial score (nSPS) is 22.2. The molecule has 1 unspecified atom stereocenters. The smallest absolute Gasteiger partial charge is 0.408 e. The van der Waals surface area contributed by atoms with Crippen molar-refractivity contribution < 1.29 is 14.6 Å². The van der Waals surface area contributed by atoms with Gasteiger partial charge in [-0.05, 0) is 47.0 Å². The zero-order valence-corrected chi connectivity index (χ0v) is 11.2. The second-order valence-electron chi connectivity index (χ2n) is 6.14. The summed E-state index contributed by atoms with van der Waals surface area (Å²) in [4.78, 5) is 11.8. The number of alkyl carbamates (subject to hydrolysis) is 1. The highest BCUT2D eigenvalue weighted by atomic mass is 16.6. The van der Waals surface area contributed by atoms with Gasteiger partial charge in [0, 0.05) is 0 Å². The van der Waals surface area contributed by atoms with Gasteiger partial charge in [0.05, 0.1) is 17.7 Å². The maximum absolute atomic E-state index is 11.8. The Labute approximate surface area is 103 Å². The first-order valence-corrected chi connectivity index (χ1v) is 6.03. The van der Waals surface area contributed by atoms with Crippen LogP contribution in [0.2, 0.25) is 0 Å². The SMILES string of the molecule is CC(C)(C)OC(=O)NC1(C(C)(N)CO)CCC1. The highest BCUT2D eigenvalue weighted by molar-refractivity contribution is 5.69. The predicted molar refractivity (Wildman–Crippen MR) is 65.6 cm³/mol. The molecule has 0 aromatic heterocycles. The third-order valence-corrected chi connectivity index (χ3v) is 3.37. The molecule has 0 spiro atoms. The Bertz CT molecular complexity index is 291. The van der Waals surface area contributed by atoms with Gasteiger partial charge in [0.1, 0.15) is 5.60 Å². The van der Waals surface area contributed by atoms with Gasteiger partial charge in [-0.1, -0.05) is 0 Å². The number of nitrogens with one attached hydrogen (secondary N) is 1. The van der Waals surface area contributed by atoms with Gasteiger partial charge in [-0.2, -0.15) is 0 Å². The molecule has 100 valence electrons. The molecule has 0 saturated heterocycles. The minimum Gasteiger partial charge on any atom is -0.444 e. The fourth-order valence-electron chi connectivity index (χ4n) is 2.02. The minimum absolute atomic E-state index is 0.164. The maximum atomic E-state index is 11.8. The average Bonchev–Trinajstić information content (AvgIpc) is 2.08. The number of aliphatic hydroxyl groups is 1. The molecule has 0 aromatic carbocycles. The number of hydrogen-bond acceptors (Lipinski definition) is 4. The lowest BCUT2D eigenvalue weighted by Gasteiger charge is -2.52. The van der Waals surface area contributed by atoms with Gasteiger partial charge < -0.3 is 20.9 Å². The van der Waals surface area contributed by atoms with Crippen LogP contribution in [0.25, 0.3) is 0 Å². The Morgan fingerprint density at radius 3 is 2.24 bits per heavy atom. The molecule has 0 bridgehead atoms. The fourth-order valence-corrected chi connectivity index (χ4v) is 2.02. The zero-order chi connectivity index (χ0) is 13.3. The number of rotatable bonds is 3. The number of carbonyl (C=O) groups is 1. The summed E-state index contributed by atoms with van der Waals surface area (Å²) < 4.78 is 5.22. The highest BCUT2D eigenvalue weighted by Crippen LogP contribution is 2.39. The maximum Gasteiger partial charge on any atom is 0.408 e. The van der Waals surface area contributed by atoms with Crippen LogP contribution in [-0.2, 0) is 4.74 Å². The van der Waals surface area contributed by atoms with Gasteiger partial charge in [0.25, 0.3) is 0 Å². The van der Waals surface area contributed by atoms with Gasteiger partial charge in [0.2, 0.25) is 0 Å². The quantitative estimate of drug-likeness (QED) is 0.695. The van der Waals surface area contributed by atoms with Crippen LogP contribution in [0.4, 0.5) is 4.79 Å². The van der Waals surface area contributed by atoms with E-state index in [-0.39, 0.29) is 6.61 Å². The summed E-state index contributed by atoms with van der Waals surface area (Å²) in [6.45, 7) is 7.03. The third kappa shape index (κ3) is 3.10. The van der Waals surface area contributed by atoms with E-state index in [1.165, 1.54) is 0 Å². The second kappa shape index (κ2) is 4.46. The van der Waals surface area contributed by atoms with Crippen molar-refractivity contribution in [3.63, 3.8) is 0 Å². The van der Waals surface area contributed by atoms with E-state index in [0.717, 1.165) is 19.3 Å². The molecule has 1 saturated carbocycles. The third-order valence-electron chi connectivity index (χ3n) is 3.37. The number of nitrogens with two attached hydrogens (primary N) is 1. The van der Waals surface area contributed by atoms with E-state index in [4.69, 9.17) is 10.5 Å². The lowest BCUT2D eigenvalue weighted by molar-refractivity contribution is 0.0107. The standard InChI is InChI=1S/C12H24N2O3/c1-10(2,3)17-9(16)14-12(6-5-7-12)11(4,13)8-15/h15H,5-8,13H2,1-4H3,(H,14,16). The van der Waals surface area contributed by atoms with Crippen LogP contribution >= 0.6 is 0 Å². The molecule has 1 aliphatic rings. The van der Waals surface area contributed by atoms with Crippen molar-refractivity contribution in [3.8, 4) is 0 Å². The van der Waals surface area contributed by atoms with Crippen molar-refractivity contribution in [2.24, 2.45) is 5.73 Å². The van der Waals surface area contributed by atoms with Crippen molar-refractivity contribution in [1.29, 1.82) is 0 Å². The fraction of sp³-hybridized carbons (Fsp3) is 0.917. The molecule has 1 atom stereocenters. The molecule has 1 rings (SSSR count). The van der Waals surface area contributed by atoms with Gasteiger partial charge >= 0.3 is 6.09 Å². The predicted octanol–water partition coefficient (Wildman–Crippen LogP) is 1.14. The Balaban J connectivity index is 2.68. The molecule has 4 N–H and O–H groups in total. The van der Waals surface area contributed by atoms with E-state index >= 15 is 0 Å². The van der Waals surface area contributed by atoms with E-state index in [1.807, 2.05) is 20.8 Å². The molecule has 5 heteroatoms. The molecule has 0 heterocycles. The van der Waals surface area contributed by atoms with Crippen LogP contribution < -0.4 is 11.1 Å². The van der Waals surface area contributed by atoms with Crippen LogP contribution in [0.1, 0.15) is 47.0 Å². The Hall–Kier alpha value is -0.810. The molecule has 0 aliphatic heterocycles. The number of ether oxygens (including phenoxy) is 1. The van der Waals surface area contributed by atoms with Gasteiger partial charge in [0.15, 0.2) is 0 Å². The van der Waals surface area contributed by atoms with E-state index in [2.05, 4.69) is 5.32 Å². The molecule has 1 amide bonds. The number of amides is 1. The van der Waals surface area contributed by atoms with Gasteiger partial charge in [-0.15, -0.1) is 0 Å². The first-order valence-electron chi connectivity index (χ1n) is 6.03. The number of carbonyl (C=O) groups excluding carboxylic acids is 1. The van der Waals surface area contributed by atoms with Crippen molar-refractivity contribution in [3.05, 3.63) is 0 Å². The first-order chi connectivity index (χ1) is 7.62. The molecule has 0 aromatic rings. The second-order valence-corrected chi connectivity index (χ2v) is 6.14. The summed E-state index contributed by atoms with van der Waals surface area (Å²) in [5, 5.41) is 12.2. The summed E-state index contributed by atoms with van der Waals surface area (Å²) >= 11 is 0. The van der Waals surface area contributed by atoms with Crippen LogP contribution in [0.3, 0.4) is 0 Å². The van der Waals surface area contributed by atoms with Crippen molar-refractivity contribution in [2.75, 3.05) is 6.61 Å². The molecular formula is C12H24N2O3. The van der Waals surface area contributed by atoms with Crippen LogP contribution in [0.5, 0.6) is 0 Å². The summed E-state index contributed by atoms with van der Waals surface area (Å²) in [6, 6.07) is 0. The van der Waals surface area contributed by atoms with E-state index < -0.39 is 22.8 Å². The number of hydrogen-bond donors (Lipinski definition) is 3. The molecule has 0 radical (unpaired) electrons. The lowest BCUT2D eigenvalue weighted by Crippen LogP contribution is -2.72. The molecular weight excluding hydrogens is 220 g/mol. The van der Waals surface area contributed by atoms with Crippen LogP contribution in [0.15, 0.2) is 0 Å². The molecule has 5 nitrogen and oxygen atoms in total. The van der Waals surface area contributed by atoms with Crippen LogP contribution in [-0.4, -0.2) is 34.5 Å². The van der Waals surface area contributed by atoms with Crippen molar-refractivity contribution >= 4 is 6.09 Å². The van der Waals surface area contributed by atoms with Crippen molar-refractivity contribution in [2.45, 2.75) is 63.6 Å². The lowest BCUT2D eigenvalue weighted by atomic mass is 9.65. The summed E-state index contributed by atoms with van der Waals surface area (Å²) in [5.74, 6) is 0. The minimum atomic E-state index is -0.817. The first kappa shape index (κ1) is 14.3. The monoisotopic (exact) mass is 244 g/mol. The van der Waals surface area contributed by atoms with E-state index in [9.17, 15) is 9.90 Å². The molecule has 1 fully saturated rings. The largest absolute Gasteiger partial charge is 0.444 e. The summed E-state index contributed by atoms with van der Waals surface area (Å²) in [5.41, 5.74) is 4.16. The number of aliphatic hydroxyl groups excluding tert-OH is 1. The zero-order valence-electron chi connectivity index (χ0n) is 11.2.